The predicted octanol–water partition coefficient (Wildman–Crippen LogP) is 1.45. The summed E-state index contributed by atoms with van der Waals surface area (Å²) in [6.45, 7) is 5.20. The van der Waals surface area contributed by atoms with Crippen molar-refractivity contribution in [1.82, 2.24) is 14.9 Å². The number of carbonyl (C=O) groups excluding carboxylic acids is 1. The zero-order chi connectivity index (χ0) is 21.2. The van der Waals surface area contributed by atoms with Gasteiger partial charge in [-0.2, -0.15) is 17.5 Å². The lowest BCUT2D eigenvalue weighted by Crippen LogP contribution is -2.45. The summed E-state index contributed by atoms with van der Waals surface area (Å²) < 4.78 is 66.0. The number of rotatable bonds is 9. The molecule has 0 aliphatic carbocycles. The largest absolute Gasteiger partial charge is 0.511 e. The highest BCUT2D eigenvalue weighted by Crippen LogP contribution is 2.30. The summed E-state index contributed by atoms with van der Waals surface area (Å²) in [6.07, 6.45) is 1.52. The topological polar surface area (TPSA) is 100 Å². The second kappa shape index (κ2) is 11.4. The van der Waals surface area contributed by atoms with E-state index in [0.29, 0.717) is 62.2 Å². The molecule has 8 nitrogen and oxygen atoms in total. The van der Waals surface area contributed by atoms with E-state index in [1.807, 2.05) is 6.92 Å². The summed E-state index contributed by atoms with van der Waals surface area (Å²) in [5, 5.41) is 6.14. The van der Waals surface area contributed by atoms with Crippen LogP contribution in [0.2, 0.25) is 0 Å². The van der Waals surface area contributed by atoms with E-state index >= 15 is 0 Å². The van der Waals surface area contributed by atoms with Gasteiger partial charge in [-0.3, -0.25) is 9.79 Å². The number of piperidine rings is 1. The van der Waals surface area contributed by atoms with E-state index in [0.717, 1.165) is 0 Å². The zero-order valence-corrected chi connectivity index (χ0v) is 17.0. The molecule has 1 aliphatic heterocycles. The quantitative estimate of drug-likeness (QED) is 0.249. The van der Waals surface area contributed by atoms with Crippen molar-refractivity contribution >= 4 is 22.0 Å². The van der Waals surface area contributed by atoms with Crippen molar-refractivity contribution in [2.75, 3.05) is 39.3 Å². The lowest BCUT2D eigenvalue weighted by Gasteiger charge is -2.30. The summed E-state index contributed by atoms with van der Waals surface area (Å²) >= 11 is 0. The fourth-order valence-electron chi connectivity index (χ4n) is 2.71. The smallest absolute Gasteiger partial charge is 0.466 e. The highest BCUT2D eigenvalue weighted by atomic mass is 32.2. The van der Waals surface area contributed by atoms with Crippen LogP contribution < -0.4 is 10.6 Å². The van der Waals surface area contributed by atoms with Crippen molar-refractivity contribution in [3.8, 4) is 0 Å². The second-order valence-electron chi connectivity index (χ2n) is 6.35. The fourth-order valence-corrected chi connectivity index (χ4v) is 3.70. The molecule has 1 rings (SSSR count). The van der Waals surface area contributed by atoms with Gasteiger partial charge in [0, 0.05) is 39.1 Å². The molecule has 0 radical (unpaired) electrons. The van der Waals surface area contributed by atoms with E-state index < -0.39 is 15.5 Å². The average Bonchev–Trinajstić information content (AvgIpc) is 2.62. The maximum absolute atomic E-state index is 12.6. The number of sulfonamides is 1. The first-order valence-electron chi connectivity index (χ1n) is 9.36. The number of carbonyl (C=O) groups is 1. The standard InChI is InChI=1S/C16H29F3N4O4S/c1-3-20-15(21-9-5-6-14(24)27-4-2)22-12-13-7-10-23(11-8-13)28(25,26)16(17,18)19/h13H,3-12H2,1-2H3,(H2,20,21,22). The number of nitrogens with one attached hydrogen (secondary N) is 2. The van der Waals surface area contributed by atoms with Gasteiger partial charge in [0.1, 0.15) is 0 Å². The fraction of sp³-hybridized carbons (Fsp3) is 0.875. The van der Waals surface area contributed by atoms with Crippen LogP contribution in [0.25, 0.3) is 0 Å². The molecular weight excluding hydrogens is 401 g/mol. The first-order valence-corrected chi connectivity index (χ1v) is 10.8. The SMILES string of the molecule is CCNC(=NCC1CCN(S(=O)(=O)C(F)(F)F)CC1)NCCCC(=O)OCC. The Morgan fingerprint density at radius 2 is 1.86 bits per heavy atom. The molecule has 1 fully saturated rings. The Balaban J connectivity index is 2.44. The minimum atomic E-state index is -5.26. The first-order chi connectivity index (χ1) is 13.1. The number of halogens is 3. The Hall–Kier alpha value is -1.56. The van der Waals surface area contributed by atoms with Crippen LogP contribution in [0.1, 0.15) is 39.5 Å². The molecule has 2 N–H and O–H groups in total. The molecule has 0 amide bonds. The summed E-state index contributed by atoms with van der Waals surface area (Å²) in [7, 11) is -5.25. The van der Waals surface area contributed by atoms with Gasteiger partial charge in [0.05, 0.1) is 6.61 Å². The monoisotopic (exact) mass is 430 g/mol. The van der Waals surface area contributed by atoms with Crippen molar-refractivity contribution in [2.24, 2.45) is 10.9 Å². The Morgan fingerprint density at radius 1 is 1.21 bits per heavy atom. The van der Waals surface area contributed by atoms with Crippen LogP contribution in [0.15, 0.2) is 4.99 Å². The first kappa shape index (κ1) is 24.5. The minimum absolute atomic E-state index is 0.00896. The molecule has 1 aliphatic rings. The van der Waals surface area contributed by atoms with E-state index in [1.165, 1.54) is 0 Å². The summed E-state index contributed by atoms with van der Waals surface area (Å²) in [5.74, 6) is 0.304. The van der Waals surface area contributed by atoms with E-state index in [1.54, 1.807) is 6.92 Å². The molecule has 1 saturated heterocycles. The van der Waals surface area contributed by atoms with E-state index in [9.17, 15) is 26.4 Å². The van der Waals surface area contributed by atoms with Crippen molar-refractivity contribution in [3.63, 3.8) is 0 Å². The Labute approximate surface area is 163 Å². The lowest BCUT2D eigenvalue weighted by atomic mass is 9.98. The van der Waals surface area contributed by atoms with Crippen LogP contribution in [0, 0.1) is 5.92 Å². The van der Waals surface area contributed by atoms with Gasteiger partial charge < -0.3 is 15.4 Å². The number of esters is 1. The van der Waals surface area contributed by atoms with Crippen molar-refractivity contribution < 1.29 is 31.1 Å². The molecule has 1 heterocycles. The summed E-state index contributed by atoms with van der Waals surface area (Å²) in [5.41, 5.74) is -5.26. The van der Waals surface area contributed by atoms with Crippen molar-refractivity contribution in [1.29, 1.82) is 0 Å². The average molecular weight is 430 g/mol. The van der Waals surface area contributed by atoms with Gasteiger partial charge in [-0.05, 0) is 39.0 Å². The third-order valence-corrected chi connectivity index (χ3v) is 5.84. The normalized spacial score (nSPS) is 17.4. The van der Waals surface area contributed by atoms with Crippen molar-refractivity contribution in [3.05, 3.63) is 0 Å². The van der Waals surface area contributed by atoms with Gasteiger partial charge in [0.25, 0.3) is 0 Å². The number of hydrogen-bond acceptors (Lipinski definition) is 5. The Bertz CT molecular complexity index is 618. The molecule has 0 spiro atoms. The highest BCUT2D eigenvalue weighted by molar-refractivity contribution is 7.90. The summed E-state index contributed by atoms with van der Waals surface area (Å²) in [6, 6.07) is 0. The van der Waals surface area contributed by atoms with Crippen LogP contribution in [0.5, 0.6) is 0 Å². The minimum Gasteiger partial charge on any atom is -0.466 e. The van der Waals surface area contributed by atoms with Gasteiger partial charge >= 0.3 is 21.5 Å². The van der Waals surface area contributed by atoms with Gasteiger partial charge in [0.15, 0.2) is 5.96 Å². The number of nitrogens with zero attached hydrogens (tertiary/aromatic N) is 2. The highest BCUT2D eigenvalue weighted by Gasteiger charge is 2.50. The van der Waals surface area contributed by atoms with Crippen LogP contribution in [0.3, 0.4) is 0 Å². The van der Waals surface area contributed by atoms with E-state index in [2.05, 4.69) is 15.6 Å². The number of hydrogen-bond donors (Lipinski definition) is 2. The molecule has 0 unspecified atom stereocenters. The molecule has 0 bridgehead atoms. The van der Waals surface area contributed by atoms with Gasteiger partial charge in [-0.1, -0.05) is 0 Å². The molecule has 0 aromatic carbocycles. The van der Waals surface area contributed by atoms with Gasteiger partial charge in [0.2, 0.25) is 0 Å². The predicted molar refractivity (Wildman–Crippen MR) is 99.1 cm³/mol. The maximum Gasteiger partial charge on any atom is 0.511 e. The summed E-state index contributed by atoms with van der Waals surface area (Å²) in [4.78, 5) is 15.7. The van der Waals surface area contributed by atoms with Gasteiger partial charge in [-0.15, -0.1) is 0 Å². The Kier molecular flexibility index (Phi) is 10.0. The van der Waals surface area contributed by atoms with Crippen LogP contribution in [-0.4, -0.2) is 69.5 Å². The molecule has 0 aromatic heterocycles. The van der Waals surface area contributed by atoms with Crippen LogP contribution >= 0.6 is 0 Å². The number of guanidine groups is 1. The molecule has 164 valence electrons. The number of ether oxygens (including phenoxy) is 1. The second-order valence-corrected chi connectivity index (χ2v) is 8.28. The van der Waals surface area contributed by atoms with E-state index in [4.69, 9.17) is 4.74 Å². The Morgan fingerprint density at radius 3 is 2.39 bits per heavy atom. The number of aliphatic imine (C=N–C) groups is 1. The van der Waals surface area contributed by atoms with E-state index in [-0.39, 0.29) is 25.0 Å². The molecule has 0 atom stereocenters. The molecular formula is C16H29F3N4O4S. The molecule has 0 saturated carbocycles. The van der Waals surface area contributed by atoms with Crippen LogP contribution in [0.4, 0.5) is 13.2 Å². The molecule has 28 heavy (non-hydrogen) atoms. The maximum atomic E-state index is 12.6. The molecule has 0 aromatic rings. The number of alkyl halides is 3. The lowest BCUT2D eigenvalue weighted by molar-refractivity contribution is -0.143. The zero-order valence-electron chi connectivity index (χ0n) is 16.2. The van der Waals surface area contributed by atoms with Crippen molar-refractivity contribution in [2.45, 2.75) is 45.0 Å². The molecule has 12 heteroatoms. The van der Waals surface area contributed by atoms with Crippen LogP contribution in [-0.2, 0) is 19.6 Å². The van der Waals surface area contributed by atoms with Gasteiger partial charge in [-0.25, -0.2) is 8.42 Å². The third-order valence-electron chi connectivity index (χ3n) is 4.21. The third kappa shape index (κ3) is 7.82.